The fraction of sp³-hybridized carbons (Fsp3) is 0.364. The van der Waals surface area contributed by atoms with Gasteiger partial charge >= 0.3 is 0 Å². The molecule has 0 bridgehead atoms. The maximum Gasteiger partial charge on any atom is 0.277 e. The van der Waals surface area contributed by atoms with Crippen LogP contribution in [0.3, 0.4) is 0 Å². The highest BCUT2D eigenvalue weighted by atomic mass is 16.5. The number of benzene rings is 2. The minimum Gasteiger partial charge on any atom is -0.483 e. The number of carbonyl (C=O) groups is 1. The SMILES string of the molecule is CCCN(CCC)c1ccc(/C=N\NC(=O)COc2ccccc2C)cc1. The third-order valence-electron chi connectivity index (χ3n) is 4.10. The van der Waals surface area contributed by atoms with E-state index in [1.807, 2.05) is 43.3 Å². The Morgan fingerprint density at radius 2 is 1.74 bits per heavy atom. The van der Waals surface area contributed by atoms with Crippen molar-refractivity contribution in [3.63, 3.8) is 0 Å². The van der Waals surface area contributed by atoms with Gasteiger partial charge in [-0.2, -0.15) is 5.10 Å². The molecule has 1 N–H and O–H groups in total. The summed E-state index contributed by atoms with van der Waals surface area (Å²) in [5, 5.41) is 4.01. The van der Waals surface area contributed by atoms with Crippen molar-refractivity contribution >= 4 is 17.8 Å². The Balaban J connectivity index is 1.83. The van der Waals surface area contributed by atoms with Crippen LogP contribution in [0.5, 0.6) is 5.75 Å². The first kappa shape index (κ1) is 20.5. The number of aryl methyl sites for hydroxylation is 1. The molecule has 0 unspecified atom stereocenters. The number of carbonyl (C=O) groups excluding carboxylic acids is 1. The van der Waals surface area contributed by atoms with Crippen LogP contribution in [-0.2, 0) is 4.79 Å². The summed E-state index contributed by atoms with van der Waals surface area (Å²) < 4.78 is 5.50. The van der Waals surface area contributed by atoms with Gasteiger partial charge in [0.15, 0.2) is 6.61 Å². The van der Waals surface area contributed by atoms with Crippen LogP contribution in [0.15, 0.2) is 53.6 Å². The van der Waals surface area contributed by atoms with Crippen LogP contribution in [0.1, 0.15) is 37.8 Å². The Kier molecular flexibility index (Phi) is 8.36. The van der Waals surface area contributed by atoms with Crippen LogP contribution in [0.2, 0.25) is 0 Å². The van der Waals surface area contributed by atoms with Crippen molar-refractivity contribution in [2.24, 2.45) is 5.10 Å². The fourth-order valence-electron chi connectivity index (χ4n) is 2.75. The first-order valence-corrected chi connectivity index (χ1v) is 9.49. The van der Waals surface area contributed by atoms with Gasteiger partial charge in [-0.1, -0.05) is 44.2 Å². The summed E-state index contributed by atoms with van der Waals surface area (Å²) in [5.41, 5.74) is 5.64. The lowest BCUT2D eigenvalue weighted by Crippen LogP contribution is -2.25. The van der Waals surface area contributed by atoms with E-state index in [1.165, 1.54) is 5.69 Å². The van der Waals surface area contributed by atoms with E-state index in [0.717, 1.165) is 37.1 Å². The van der Waals surface area contributed by atoms with E-state index in [1.54, 1.807) is 6.21 Å². The molecule has 27 heavy (non-hydrogen) atoms. The van der Waals surface area contributed by atoms with Crippen LogP contribution >= 0.6 is 0 Å². The predicted octanol–water partition coefficient (Wildman–Crippen LogP) is 4.15. The molecule has 0 aromatic heterocycles. The van der Waals surface area contributed by atoms with Gasteiger partial charge in [-0.15, -0.1) is 0 Å². The second kappa shape index (κ2) is 11.0. The minimum atomic E-state index is -0.289. The Bertz CT molecular complexity index is 735. The first-order chi connectivity index (χ1) is 13.1. The smallest absolute Gasteiger partial charge is 0.277 e. The van der Waals surface area contributed by atoms with Crippen LogP contribution in [0, 0.1) is 6.92 Å². The summed E-state index contributed by atoms with van der Waals surface area (Å²) in [4.78, 5) is 14.2. The molecule has 0 saturated carbocycles. The Morgan fingerprint density at radius 3 is 2.37 bits per heavy atom. The lowest BCUT2D eigenvalue weighted by atomic mass is 10.2. The topological polar surface area (TPSA) is 53.9 Å². The van der Waals surface area contributed by atoms with Crippen molar-refractivity contribution in [2.45, 2.75) is 33.6 Å². The first-order valence-electron chi connectivity index (χ1n) is 9.49. The second-order valence-corrected chi connectivity index (χ2v) is 6.43. The number of hydrogen-bond acceptors (Lipinski definition) is 4. The molecule has 2 aromatic carbocycles. The molecule has 0 saturated heterocycles. The zero-order chi connectivity index (χ0) is 19.5. The van der Waals surface area contributed by atoms with Crippen molar-refractivity contribution in [1.82, 2.24) is 5.43 Å². The second-order valence-electron chi connectivity index (χ2n) is 6.43. The summed E-state index contributed by atoms with van der Waals surface area (Å²) in [6.45, 7) is 8.36. The molecule has 144 valence electrons. The largest absolute Gasteiger partial charge is 0.483 e. The highest BCUT2D eigenvalue weighted by Crippen LogP contribution is 2.16. The molecule has 0 spiro atoms. The van der Waals surface area contributed by atoms with Gasteiger partial charge in [0.05, 0.1) is 6.21 Å². The van der Waals surface area contributed by atoms with Crippen LogP contribution in [-0.4, -0.2) is 31.8 Å². The number of para-hydroxylation sites is 1. The number of hydrazone groups is 1. The third-order valence-corrected chi connectivity index (χ3v) is 4.10. The van der Waals surface area contributed by atoms with Gasteiger partial charge in [-0.25, -0.2) is 5.43 Å². The molecule has 5 nitrogen and oxygen atoms in total. The minimum absolute atomic E-state index is 0.0654. The molecule has 0 fully saturated rings. The van der Waals surface area contributed by atoms with Crippen LogP contribution in [0.25, 0.3) is 0 Å². The molecule has 0 atom stereocenters. The Morgan fingerprint density at radius 1 is 1.07 bits per heavy atom. The van der Waals surface area contributed by atoms with Gasteiger partial charge in [0.2, 0.25) is 0 Å². The number of anilines is 1. The van der Waals surface area contributed by atoms with Crippen molar-refractivity contribution in [3.05, 3.63) is 59.7 Å². The molecular formula is C22H29N3O2. The van der Waals surface area contributed by atoms with Crippen LogP contribution < -0.4 is 15.1 Å². The zero-order valence-corrected chi connectivity index (χ0v) is 16.4. The number of nitrogens with one attached hydrogen (secondary N) is 1. The van der Waals surface area contributed by atoms with E-state index in [-0.39, 0.29) is 12.5 Å². The molecule has 0 aliphatic heterocycles. The van der Waals surface area contributed by atoms with Crippen molar-refractivity contribution < 1.29 is 9.53 Å². The fourth-order valence-corrected chi connectivity index (χ4v) is 2.75. The lowest BCUT2D eigenvalue weighted by molar-refractivity contribution is -0.123. The van der Waals surface area contributed by atoms with Crippen LogP contribution in [0.4, 0.5) is 5.69 Å². The standard InChI is InChI=1S/C22H29N3O2/c1-4-14-25(15-5-2)20-12-10-19(11-13-20)16-23-24-22(26)17-27-21-9-7-6-8-18(21)3/h6-13,16H,4-5,14-15,17H2,1-3H3,(H,24,26)/b23-16-. The molecule has 1 amide bonds. The van der Waals surface area contributed by atoms with Gasteiger partial charge in [-0.05, 0) is 49.1 Å². The van der Waals surface area contributed by atoms with Gasteiger partial charge in [0.25, 0.3) is 5.91 Å². The number of nitrogens with zero attached hydrogens (tertiary/aromatic N) is 2. The zero-order valence-electron chi connectivity index (χ0n) is 16.4. The van der Waals surface area contributed by atoms with E-state index >= 15 is 0 Å². The van der Waals surface area contributed by atoms with E-state index in [2.05, 4.69) is 41.4 Å². The van der Waals surface area contributed by atoms with E-state index in [9.17, 15) is 4.79 Å². The highest BCUT2D eigenvalue weighted by molar-refractivity contribution is 5.83. The Hall–Kier alpha value is -2.82. The number of rotatable bonds is 10. The molecule has 0 aliphatic rings. The average molecular weight is 367 g/mol. The molecule has 2 rings (SSSR count). The van der Waals surface area contributed by atoms with E-state index < -0.39 is 0 Å². The monoisotopic (exact) mass is 367 g/mol. The number of amides is 1. The van der Waals surface area contributed by atoms with Crippen molar-refractivity contribution in [3.8, 4) is 5.75 Å². The maximum absolute atomic E-state index is 11.8. The van der Waals surface area contributed by atoms with Crippen molar-refractivity contribution in [1.29, 1.82) is 0 Å². The maximum atomic E-state index is 11.8. The molecule has 5 heteroatoms. The van der Waals surface area contributed by atoms with Gasteiger partial charge in [-0.3, -0.25) is 4.79 Å². The molecular weight excluding hydrogens is 338 g/mol. The number of hydrogen-bond donors (Lipinski definition) is 1. The normalized spacial score (nSPS) is 10.8. The molecule has 0 radical (unpaired) electrons. The third kappa shape index (κ3) is 6.77. The predicted molar refractivity (Wildman–Crippen MR) is 112 cm³/mol. The Labute approximate surface area is 162 Å². The average Bonchev–Trinajstić information content (AvgIpc) is 2.68. The number of ether oxygens (including phenoxy) is 1. The van der Waals surface area contributed by atoms with Gasteiger partial charge in [0, 0.05) is 18.8 Å². The highest BCUT2D eigenvalue weighted by Gasteiger charge is 2.05. The van der Waals surface area contributed by atoms with Crippen molar-refractivity contribution in [2.75, 3.05) is 24.6 Å². The van der Waals surface area contributed by atoms with E-state index in [4.69, 9.17) is 4.74 Å². The summed E-state index contributed by atoms with van der Waals surface area (Å²) in [6, 6.07) is 15.8. The van der Waals surface area contributed by atoms with Gasteiger partial charge < -0.3 is 9.64 Å². The summed E-state index contributed by atoms with van der Waals surface area (Å²) in [6.07, 6.45) is 3.89. The quantitative estimate of drug-likeness (QED) is 0.507. The molecule has 2 aromatic rings. The lowest BCUT2D eigenvalue weighted by Gasteiger charge is -2.23. The summed E-state index contributed by atoms with van der Waals surface area (Å²) >= 11 is 0. The van der Waals surface area contributed by atoms with E-state index in [0.29, 0.717) is 5.75 Å². The molecule has 0 aliphatic carbocycles. The summed E-state index contributed by atoms with van der Waals surface area (Å²) in [7, 11) is 0. The summed E-state index contributed by atoms with van der Waals surface area (Å²) in [5.74, 6) is 0.416. The molecule has 0 heterocycles. The van der Waals surface area contributed by atoms with Gasteiger partial charge in [0.1, 0.15) is 5.75 Å².